The normalized spacial score (nSPS) is 18.9. The number of halogens is 1. The van der Waals surface area contributed by atoms with Gasteiger partial charge in [0, 0.05) is 21.3 Å². The van der Waals surface area contributed by atoms with Crippen LogP contribution in [-0.2, 0) is 5.41 Å². The molecule has 0 aromatic heterocycles. The van der Waals surface area contributed by atoms with Crippen molar-refractivity contribution in [1.82, 2.24) is 0 Å². The van der Waals surface area contributed by atoms with Crippen LogP contribution in [0.15, 0.2) is 27.6 Å². The SMILES string of the molecule is CSc1ccc(Br)cc1C1(CN)CCCC1. The first-order valence-corrected chi connectivity index (χ1v) is 7.78. The van der Waals surface area contributed by atoms with Gasteiger partial charge in [-0.25, -0.2) is 0 Å². The highest BCUT2D eigenvalue weighted by Crippen LogP contribution is 2.44. The van der Waals surface area contributed by atoms with Crippen molar-refractivity contribution in [2.24, 2.45) is 5.73 Å². The van der Waals surface area contributed by atoms with Gasteiger partial charge in [0.15, 0.2) is 0 Å². The molecule has 0 atom stereocenters. The van der Waals surface area contributed by atoms with Crippen molar-refractivity contribution >= 4 is 27.7 Å². The molecule has 0 unspecified atom stereocenters. The Morgan fingerprint density at radius 2 is 2.06 bits per heavy atom. The van der Waals surface area contributed by atoms with Gasteiger partial charge < -0.3 is 5.73 Å². The van der Waals surface area contributed by atoms with Crippen LogP contribution in [0.25, 0.3) is 0 Å². The van der Waals surface area contributed by atoms with Crippen LogP contribution in [0.2, 0.25) is 0 Å². The summed E-state index contributed by atoms with van der Waals surface area (Å²) in [4.78, 5) is 1.38. The topological polar surface area (TPSA) is 26.0 Å². The smallest absolute Gasteiger partial charge is 0.0179 e. The van der Waals surface area contributed by atoms with Crippen LogP contribution in [0.3, 0.4) is 0 Å². The molecular formula is C13H18BrNS. The van der Waals surface area contributed by atoms with Crippen molar-refractivity contribution in [2.45, 2.75) is 36.0 Å². The first-order valence-electron chi connectivity index (χ1n) is 5.76. The molecule has 1 aliphatic carbocycles. The Balaban J connectivity index is 2.47. The highest BCUT2D eigenvalue weighted by atomic mass is 79.9. The van der Waals surface area contributed by atoms with E-state index in [4.69, 9.17) is 5.73 Å². The van der Waals surface area contributed by atoms with Crippen LogP contribution in [0.5, 0.6) is 0 Å². The third-order valence-corrected chi connectivity index (χ3v) is 4.97. The maximum absolute atomic E-state index is 6.05. The minimum absolute atomic E-state index is 0.238. The van der Waals surface area contributed by atoms with Crippen LogP contribution < -0.4 is 5.73 Å². The standard InChI is InChI=1S/C13H18BrNS/c1-16-12-5-4-10(14)8-11(12)13(9-15)6-2-3-7-13/h4-5,8H,2-3,6-7,9,15H2,1H3. The van der Waals surface area contributed by atoms with Gasteiger partial charge in [-0.05, 0) is 42.9 Å². The van der Waals surface area contributed by atoms with Gasteiger partial charge in [0.05, 0.1) is 0 Å². The van der Waals surface area contributed by atoms with Gasteiger partial charge in [0.25, 0.3) is 0 Å². The molecule has 0 heterocycles. The average Bonchev–Trinajstić information content (AvgIpc) is 2.78. The zero-order chi connectivity index (χ0) is 11.6. The van der Waals surface area contributed by atoms with E-state index in [1.807, 2.05) is 11.8 Å². The summed E-state index contributed by atoms with van der Waals surface area (Å²) in [5.41, 5.74) is 7.74. The van der Waals surface area contributed by atoms with Crippen LogP contribution >= 0.6 is 27.7 Å². The second-order valence-electron chi connectivity index (χ2n) is 4.54. The fourth-order valence-corrected chi connectivity index (χ4v) is 3.79. The van der Waals surface area contributed by atoms with E-state index < -0.39 is 0 Å². The Morgan fingerprint density at radius 1 is 1.38 bits per heavy atom. The van der Waals surface area contributed by atoms with Crippen LogP contribution in [0.1, 0.15) is 31.2 Å². The van der Waals surface area contributed by atoms with Crippen molar-refractivity contribution in [3.63, 3.8) is 0 Å². The fraction of sp³-hybridized carbons (Fsp3) is 0.538. The number of rotatable bonds is 3. The number of thioether (sulfide) groups is 1. The molecule has 88 valence electrons. The van der Waals surface area contributed by atoms with Crippen molar-refractivity contribution in [3.05, 3.63) is 28.2 Å². The summed E-state index contributed by atoms with van der Waals surface area (Å²) < 4.78 is 1.17. The van der Waals surface area contributed by atoms with Gasteiger partial charge in [0.2, 0.25) is 0 Å². The van der Waals surface area contributed by atoms with Gasteiger partial charge in [-0.3, -0.25) is 0 Å². The van der Waals surface area contributed by atoms with Crippen molar-refractivity contribution < 1.29 is 0 Å². The van der Waals surface area contributed by atoms with Crippen LogP contribution in [-0.4, -0.2) is 12.8 Å². The van der Waals surface area contributed by atoms with E-state index in [9.17, 15) is 0 Å². The fourth-order valence-electron chi connectivity index (χ4n) is 2.73. The molecule has 16 heavy (non-hydrogen) atoms. The molecule has 0 bridgehead atoms. The van der Waals surface area contributed by atoms with Crippen LogP contribution in [0.4, 0.5) is 0 Å². The zero-order valence-corrected chi connectivity index (χ0v) is 12.0. The predicted molar refractivity (Wildman–Crippen MR) is 75.1 cm³/mol. The minimum Gasteiger partial charge on any atom is -0.330 e. The molecule has 1 aromatic rings. The van der Waals surface area contributed by atoms with Gasteiger partial charge in [-0.15, -0.1) is 11.8 Å². The predicted octanol–water partition coefficient (Wildman–Crippen LogP) is 3.94. The zero-order valence-electron chi connectivity index (χ0n) is 9.63. The molecule has 1 aliphatic rings. The van der Waals surface area contributed by atoms with E-state index in [-0.39, 0.29) is 5.41 Å². The van der Waals surface area contributed by atoms with Crippen molar-refractivity contribution in [3.8, 4) is 0 Å². The lowest BCUT2D eigenvalue weighted by atomic mass is 9.79. The molecule has 2 N–H and O–H groups in total. The second kappa shape index (κ2) is 5.11. The maximum Gasteiger partial charge on any atom is 0.0179 e. The molecule has 1 aromatic carbocycles. The molecule has 0 amide bonds. The molecule has 0 aliphatic heterocycles. The highest BCUT2D eigenvalue weighted by molar-refractivity contribution is 9.10. The molecule has 3 heteroatoms. The molecule has 0 spiro atoms. The minimum atomic E-state index is 0.238. The highest BCUT2D eigenvalue weighted by Gasteiger charge is 2.35. The Labute approximate surface area is 110 Å². The molecule has 2 rings (SSSR count). The summed E-state index contributed by atoms with van der Waals surface area (Å²) in [6.45, 7) is 0.775. The molecular weight excluding hydrogens is 282 g/mol. The lowest BCUT2D eigenvalue weighted by Gasteiger charge is -2.30. The Hall–Kier alpha value is 0.01000. The number of hydrogen-bond donors (Lipinski definition) is 1. The summed E-state index contributed by atoms with van der Waals surface area (Å²) >= 11 is 5.40. The monoisotopic (exact) mass is 299 g/mol. The number of benzene rings is 1. The number of nitrogens with two attached hydrogens (primary N) is 1. The van der Waals surface area contributed by atoms with Crippen molar-refractivity contribution in [1.29, 1.82) is 0 Å². The van der Waals surface area contributed by atoms with Crippen LogP contribution in [0, 0.1) is 0 Å². The van der Waals surface area contributed by atoms with E-state index in [2.05, 4.69) is 40.4 Å². The molecule has 0 radical (unpaired) electrons. The summed E-state index contributed by atoms with van der Waals surface area (Å²) in [6.07, 6.45) is 7.27. The van der Waals surface area contributed by atoms with Gasteiger partial charge >= 0.3 is 0 Å². The second-order valence-corrected chi connectivity index (χ2v) is 6.30. The summed E-state index contributed by atoms with van der Waals surface area (Å²) in [6, 6.07) is 6.60. The summed E-state index contributed by atoms with van der Waals surface area (Å²) in [7, 11) is 0. The average molecular weight is 300 g/mol. The first-order chi connectivity index (χ1) is 7.72. The number of hydrogen-bond acceptors (Lipinski definition) is 2. The van der Waals surface area contributed by atoms with E-state index in [1.54, 1.807) is 0 Å². The molecule has 1 saturated carbocycles. The largest absolute Gasteiger partial charge is 0.330 e. The van der Waals surface area contributed by atoms with Gasteiger partial charge in [-0.2, -0.15) is 0 Å². The van der Waals surface area contributed by atoms with Gasteiger partial charge in [-0.1, -0.05) is 28.8 Å². The first kappa shape index (κ1) is 12.5. The quantitative estimate of drug-likeness (QED) is 0.856. The van der Waals surface area contributed by atoms with Gasteiger partial charge in [0.1, 0.15) is 0 Å². The molecule has 0 saturated heterocycles. The third-order valence-electron chi connectivity index (χ3n) is 3.68. The maximum atomic E-state index is 6.05. The summed E-state index contributed by atoms with van der Waals surface area (Å²) in [5.74, 6) is 0. The van der Waals surface area contributed by atoms with E-state index in [0.717, 1.165) is 6.54 Å². The lowest BCUT2D eigenvalue weighted by molar-refractivity contribution is 0.445. The van der Waals surface area contributed by atoms with E-state index >= 15 is 0 Å². The van der Waals surface area contributed by atoms with E-state index in [1.165, 1.54) is 40.6 Å². The Morgan fingerprint density at radius 3 is 2.62 bits per heavy atom. The Bertz CT molecular complexity index is 372. The molecule has 1 fully saturated rings. The third kappa shape index (κ3) is 2.18. The lowest BCUT2D eigenvalue weighted by Crippen LogP contribution is -2.32. The molecule has 1 nitrogen and oxygen atoms in total. The summed E-state index contributed by atoms with van der Waals surface area (Å²) in [5, 5.41) is 0. The van der Waals surface area contributed by atoms with E-state index in [0.29, 0.717) is 0 Å². The van der Waals surface area contributed by atoms with Crippen molar-refractivity contribution in [2.75, 3.05) is 12.8 Å². The Kier molecular flexibility index (Phi) is 3.98.